The number of hydrogen-bond acceptors (Lipinski definition) is 2. The molecule has 5 heteroatoms. The van der Waals surface area contributed by atoms with Gasteiger partial charge < -0.3 is 5.32 Å². The summed E-state index contributed by atoms with van der Waals surface area (Å²) >= 11 is 1.91. The summed E-state index contributed by atoms with van der Waals surface area (Å²) in [4.78, 5) is 0. The highest BCUT2D eigenvalue weighted by Gasteiger charge is 2.42. The Hall–Kier alpha value is 0.100. The standard InChI is InChI=1S/C12H20F3NS/c13-12(14,15)9-3-1-4-10(7-9)16-11-5-2-6-17-8-11/h9-11,16H,1-8H2. The molecule has 17 heavy (non-hydrogen) atoms. The second-order valence-corrected chi connectivity index (χ2v) is 6.33. The molecule has 0 aromatic rings. The fourth-order valence-corrected chi connectivity index (χ4v) is 3.93. The van der Waals surface area contributed by atoms with Gasteiger partial charge in [-0.05, 0) is 37.9 Å². The van der Waals surface area contributed by atoms with Crippen LogP contribution in [0.5, 0.6) is 0 Å². The van der Waals surface area contributed by atoms with Gasteiger partial charge in [0.25, 0.3) is 0 Å². The molecule has 3 unspecified atom stereocenters. The third-order valence-electron chi connectivity index (χ3n) is 3.77. The van der Waals surface area contributed by atoms with E-state index in [4.69, 9.17) is 0 Å². The Kier molecular flexibility index (Phi) is 4.64. The Labute approximate surface area is 105 Å². The molecule has 1 N–H and O–H groups in total. The van der Waals surface area contributed by atoms with Gasteiger partial charge in [0, 0.05) is 17.8 Å². The van der Waals surface area contributed by atoms with Gasteiger partial charge in [0.2, 0.25) is 0 Å². The molecular formula is C12H20F3NS. The minimum atomic E-state index is -4.00. The Morgan fingerprint density at radius 1 is 1.00 bits per heavy atom. The van der Waals surface area contributed by atoms with Crippen molar-refractivity contribution in [3.8, 4) is 0 Å². The monoisotopic (exact) mass is 267 g/mol. The van der Waals surface area contributed by atoms with E-state index >= 15 is 0 Å². The molecule has 0 aromatic carbocycles. The molecule has 1 heterocycles. The molecule has 0 aromatic heterocycles. The Morgan fingerprint density at radius 3 is 2.41 bits per heavy atom. The lowest BCUT2D eigenvalue weighted by Crippen LogP contribution is -2.45. The van der Waals surface area contributed by atoms with Gasteiger partial charge in [-0.1, -0.05) is 6.42 Å². The third-order valence-corrected chi connectivity index (χ3v) is 4.98. The van der Waals surface area contributed by atoms with Gasteiger partial charge in [-0.3, -0.25) is 0 Å². The zero-order valence-corrected chi connectivity index (χ0v) is 10.7. The third kappa shape index (κ3) is 4.05. The van der Waals surface area contributed by atoms with Crippen molar-refractivity contribution >= 4 is 11.8 Å². The van der Waals surface area contributed by atoms with Crippen LogP contribution in [-0.4, -0.2) is 29.8 Å². The van der Waals surface area contributed by atoms with E-state index in [0.717, 1.165) is 18.6 Å². The quantitative estimate of drug-likeness (QED) is 0.820. The van der Waals surface area contributed by atoms with Crippen LogP contribution < -0.4 is 5.32 Å². The molecule has 0 amide bonds. The van der Waals surface area contributed by atoms with Crippen LogP contribution in [-0.2, 0) is 0 Å². The maximum Gasteiger partial charge on any atom is 0.391 e. The van der Waals surface area contributed by atoms with E-state index in [1.54, 1.807) is 0 Å². The van der Waals surface area contributed by atoms with Crippen LogP contribution in [0.2, 0.25) is 0 Å². The van der Waals surface area contributed by atoms with Gasteiger partial charge >= 0.3 is 6.18 Å². The minimum Gasteiger partial charge on any atom is -0.310 e. The average Bonchev–Trinajstić information content (AvgIpc) is 2.29. The molecule has 0 spiro atoms. The molecule has 0 radical (unpaired) electrons. The molecule has 1 aliphatic carbocycles. The number of thioether (sulfide) groups is 1. The molecule has 3 atom stereocenters. The average molecular weight is 267 g/mol. The van der Waals surface area contributed by atoms with Crippen molar-refractivity contribution < 1.29 is 13.2 Å². The summed E-state index contributed by atoms with van der Waals surface area (Å²) in [5, 5.41) is 3.44. The van der Waals surface area contributed by atoms with Crippen LogP contribution in [0.25, 0.3) is 0 Å². The zero-order chi connectivity index (χ0) is 12.3. The summed E-state index contributed by atoms with van der Waals surface area (Å²) in [6.45, 7) is 0. The molecule has 0 bridgehead atoms. The second kappa shape index (κ2) is 5.83. The van der Waals surface area contributed by atoms with E-state index in [9.17, 15) is 13.2 Å². The summed E-state index contributed by atoms with van der Waals surface area (Å²) < 4.78 is 38.0. The van der Waals surface area contributed by atoms with Crippen molar-refractivity contribution in [2.24, 2.45) is 5.92 Å². The lowest BCUT2D eigenvalue weighted by molar-refractivity contribution is -0.183. The molecule has 2 rings (SSSR count). The van der Waals surface area contributed by atoms with Crippen LogP contribution in [0.15, 0.2) is 0 Å². The number of hydrogen-bond donors (Lipinski definition) is 1. The highest BCUT2D eigenvalue weighted by Crippen LogP contribution is 2.37. The number of rotatable bonds is 2. The topological polar surface area (TPSA) is 12.0 Å². The second-order valence-electron chi connectivity index (χ2n) is 5.18. The van der Waals surface area contributed by atoms with Gasteiger partial charge in [-0.25, -0.2) is 0 Å². The minimum absolute atomic E-state index is 0.0825. The lowest BCUT2D eigenvalue weighted by Gasteiger charge is -2.34. The highest BCUT2D eigenvalue weighted by molar-refractivity contribution is 7.99. The maximum absolute atomic E-state index is 12.7. The lowest BCUT2D eigenvalue weighted by atomic mass is 9.85. The predicted molar refractivity (Wildman–Crippen MR) is 65.3 cm³/mol. The molecule has 100 valence electrons. The molecular weight excluding hydrogens is 247 g/mol. The highest BCUT2D eigenvalue weighted by atomic mass is 32.2. The number of halogens is 3. The van der Waals surface area contributed by atoms with Crippen molar-refractivity contribution in [2.45, 2.75) is 56.8 Å². The zero-order valence-electron chi connectivity index (χ0n) is 9.93. The van der Waals surface area contributed by atoms with Gasteiger partial charge in [-0.2, -0.15) is 24.9 Å². The Balaban J connectivity index is 1.80. The molecule has 1 nitrogen and oxygen atoms in total. The van der Waals surface area contributed by atoms with Crippen molar-refractivity contribution in [3.63, 3.8) is 0 Å². The Bertz CT molecular complexity index is 238. The van der Waals surface area contributed by atoms with Crippen molar-refractivity contribution in [1.29, 1.82) is 0 Å². The van der Waals surface area contributed by atoms with E-state index in [0.29, 0.717) is 18.9 Å². The summed E-state index contributed by atoms with van der Waals surface area (Å²) in [5.74, 6) is 1.19. The summed E-state index contributed by atoms with van der Waals surface area (Å²) in [5.41, 5.74) is 0. The normalized spacial score (nSPS) is 35.8. The molecule has 1 aliphatic heterocycles. The van der Waals surface area contributed by atoms with Crippen LogP contribution in [0.3, 0.4) is 0 Å². The van der Waals surface area contributed by atoms with Crippen molar-refractivity contribution in [3.05, 3.63) is 0 Å². The summed E-state index contributed by atoms with van der Waals surface area (Å²) in [6.07, 6.45) is 0.542. The van der Waals surface area contributed by atoms with Crippen LogP contribution >= 0.6 is 11.8 Å². The maximum atomic E-state index is 12.7. The smallest absolute Gasteiger partial charge is 0.310 e. The molecule has 2 fully saturated rings. The molecule has 1 saturated carbocycles. The fourth-order valence-electron chi connectivity index (χ4n) is 2.84. The first-order chi connectivity index (χ1) is 8.05. The van der Waals surface area contributed by atoms with Crippen molar-refractivity contribution in [1.82, 2.24) is 5.32 Å². The SMILES string of the molecule is FC(F)(F)C1CCCC(NC2CCCSC2)C1. The first-order valence-corrected chi connectivity index (χ1v) is 7.61. The first-order valence-electron chi connectivity index (χ1n) is 6.46. The fraction of sp³-hybridized carbons (Fsp3) is 1.00. The van der Waals surface area contributed by atoms with E-state index in [1.807, 2.05) is 11.8 Å². The van der Waals surface area contributed by atoms with Gasteiger partial charge in [0.15, 0.2) is 0 Å². The largest absolute Gasteiger partial charge is 0.391 e. The molecule has 1 saturated heterocycles. The van der Waals surface area contributed by atoms with Crippen molar-refractivity contribution in [2.75, 3.05) is 11.5 Å². The van der Waals surface area contributed by atoms with Gasteiger partial charge in [0.05, 0.1) is 5.92 Å². The molecule has 2 aliphatic rings. The van der Waals surface area contributed by atoms with Crippen LogP contribution in [0, 0.1) is 5.92 Å². The van der Waals surface area contributed by atoms with E-state index < -0.39 is 12.1 Å². The van der Waals surface area contributed by atoms with Crippen LogP contribution in [0.4, 0.5) is 13.2 Å². The number of nitrogens with one attached hydrogen (secondary N) is 1. The van der Waals surface area contributed by atoms with Gasteiger partial charge in [0.1, 0.15) is 0 Å². The summed E-state index contributed by atoms with van der Waals surface area (Å²) in [7, 11) is 0. The predicted octanol–water partition coefficient (Wildman–Crippen LogP) is 3.59. The summed E-state index contributed by atoms with van der Waals surface area (Å²) in [6, 6.07) is 0.518. The van der Waals surface area contributed by atoms with Gasteiger partial charge in [-0.15, -0.1) is 0 Å². The number of alkyl halides is 3. The van der Waals surface area contributed by atoms with Crippen LogP contribution in [0.1, 0.15) is 38.5 Å². The van der Waals surface area contributed by atoms with E-state index in [1.165, 1.54) is 12.2 Å². The Morgan fingerprint density at radius 2 is 1.76 bits per heavy atom. The van der Waals surface area contributed by atoms with E-state index in [2.05, 4.69) is 5.32 Å². The first kappa shape index (κ1) is 13.5. The van der Waals surface area contributed by atoms with E-state index in [-0.39, 0.29) is 12.5 Å².